The van der Waals surface area contributed by atoms with Gasteiger partial charge in [0, 0.05) is 32.2 Å². The van der Waals surface area contributed by atoms with E-state index in [0.717, 1.165) is 0 Å². The van der Waals surface area contributed by atoms with E-state index in [1.807, 2.05) is 0 Å². The highest BCUT2D eigenvalue weighted by atomic mass is 16.3. The van der Waals surface area contributed by atoms with Gasteiger partial charge in [-0.15, -0.1) is 6.42 Å². The molecule has 1 rings (SSSR count). The van der Waals surface area contributed by atoms with E-state index >= 15 is 0 Å². The van der Waals surface area contributed by atoms with Gasteiger partial charge in [0.1, 0.15) is 0 Å². The number of terminal acetylenes is 1. The summed E-state index contributed by atoms with van der Waals surface area (Å²) in [5, 5.41) is 14.3. The van der Waals surface area contributed by atoms with Crippen LogP contribution in [0.5, 0.6) is 0 Å². The number of nitrogens with one attached hydrogen (secondary N) is 2. The standard InChI is InChI=1S/C14H23N3O3/c1-2-6-15-11-13(19)17-8-4-12(5-9-17)14(20)16-7-3-10-18/h1,12,15,18H,3-11H2,(H,16,20). The molecule has 0 aromatic carbocycles. The van der Waals surface area contributed by atoms with Crippen LogP contribution >= 0.6 is 0 Å². The number of hydrogen-bond donors (Lipinski definition) is 3. The summed E-state index contributed by atoms with van der Waals surface area (Å²) in [6, 6.07) is 0. The summed E-state index contributed by atoms with van der Waals surface area (Å²) in [5.74, 6) is 2.44. The van der Waals surface area contributed by atoms with Gasteiger partial charge < -0.3 is 15.3 Å². The van der Waals surface area contributed by atoms with Crippen LogP contribution in [0.2, 0.25) is 0 Å². The number of rotatable bonds is 7. The van der Waals surface area contributed by atoms with Crippen LogP contribution in [0.4, 0.5) is 0 Å². The van der Waals surface area contributed by atoms with Crippen LogP contribution in [-0.4, -0.2) is 61.2 Å². The van der Waals surface area contributed by atoms with Crippen LogP contribution in [-0.2, 0) is 9.59 Å². The van der Waals surface area contributed by atoms with Gasteiger partial charge in [0.15, 0.2) is 0 Å². The zero-order chi connectivity index (χ0) is 14.8. The van der Waals surface area contributed by atoms with Crippen molar-refractivity contribution >= 4 is 11.8 Å². The van der Waals surface area contributed by atoms with E-state index in [1.165, 1.54) is 0 Å². The quantitative estimate of drug-likeness (QED) is 0.411. The van der Waals surface area contributed by atoms with Gasteiger partial charge in [0.25, 0.3) is 0 Å². The van der Waals surface area contributed by atoms with Crippen LogP contribution in [0.3, 0.4) is 0 Å². The van der Waals surface area contributed by atoms with Gasteiger partial charge in [-0.2, -0.15) is 0 Å². The molecule has 0 aromatic rings. The highest BCUT2D eigenvalue weighted by Gasteiger charge is 2.26. The molecule has 112 valence electrons. The summed E-state index contributed by atoms with van der Waals surface area (Å²) in [5.41, 5.74) is 0. The molecule has 2 amide bonds. The van der Waals surface area contributed by atoms with Crippen molar-refractivity contribution in [3.05, 3.63) is 0 Å². The fourth-order valence-electron chi connectivity index (χ4n) is 2.18. The Balaban J connectivity index is 2.23. The Morgan fingerprint density at radius 2 is 2.05 bits per heavy atom. The van der Waals surface area contributed by atoms with E-state index in [1.54, 1.807) is 4.90 Å². The van der Waals surface area contributed by atoms with Crippen molar-refractivity contribution in [2.75, 3.05) is 39.3 Å². The van der Waals surface area contributed by atoms with Crippen LogP contribution in [0.1, 0.15) is 19.3 Å². The van der Waals surface area contributed by atoms with Crippen LogP contribution in [0.15, 0.2) is 0 Å². The molecule has 1 fully saturated rings. The molecule has 0 atom stereocenters. The summed E-state index contributed by atoms with van der Waals surface area (Å²) in [6.45, 7) is 2.43. The zero-order valence-corrected chi connectivity index (χ0v) is 11.7. The molecule has 3 N–H and O–H groups in total. The number of nitrogens with zero attached hydrogens (tertiary/aromatic N) is 1. The molecule has 1 aliphatic rings. The van der Waals surface area contributed by atoms with Crippen molar-refractivity contribution in [1.29, 1.82) is 0 Å². The van der Waals surface area contributed by atoms with E-state index in [-0.39, 0.29) is 30.9 Å². The predicted molar refractivity (Wildman–Crippen MR) is 75.7 cm³/mol. The number of aliphatic hydroxyl groups is 1. The van der Waals surface area contributed by atoms with Crippen LogP contribution in [0, 0.1) is 18.3 Å². The maximum absolute atomic E-state index is 11.8. The molecule has 0 aromatic heterocycles. The molecular formula is C14H23N3O3. The number of likely N-dealkylation sites (tertiary alicyclic amines) is 1. The molecule has 6 nitrogen and oxygen atoms in total. The molecule has 0 spiro atoms. The lowest BCUT2D eigenvalue weighted by atomic mass is 9.96. The summed E-state index contributed by atoms with van der Waals surface area (Å²) >= 11 is 0. The van der Waals surface area contributed by atoms with Gasteiger partial charge in [-0.3, -0.25) is 14.9 Å². The first kappa shape index (κ1) is 16.5. The lowest BCUT2D eigenvalue weighted by Gasteiger charge is -2.31. The van der Waals surface area contributed by atoms with Gasteiger partial charge in [0.2, 0.25) is 11.8 Å². The first-order chi connectivity index (χ1) is 9.69. The topological polar surface area (TPSA) is 81.7 Å². The Morgan fingerprint density at radius 1 is 1.35 bits per heavy atom. The molecule has 0 saturated carbocycles. The fourth-order valence-corrected chi connectivity index (χ4v) is 2.18. The normalized spacial score (nSPS) is 15.7. The second-order valence-corrected chi connectivity index (χ2v) is 4.83. The van der Waals surface area contributed by atoms with Crippen molar-refractivity contribution < 1.29 is 14.7 Å². The fraction of sp³-hybridized carbons (Fsp3) is 0.714. The van der Waals surface area contributed by atoms with Crippen molar-refractivity contribution in [2.45, 2.75) is 19.3 Å². The predicted octanol–water partition coefficient (Wildman–Crippen LogP) is -1.05. The van der Waals surface area contributed by atoms with Gasteiger partial charge in [0.05, 0.1) is 13.1 Å². The van der Waals surface area contributed by atoms with Crippen LogP contribution in [0.25, 0.3) is 0 Å². The molecule has 0 radical (unpaired) electrons. The van der Waals surface area contributed by atoms with Crippen molar-refractivity contribution in [2.24, 2.45) is 5.92 Å². The molecule has 0 aliphatic carbocycles. The SMILES string of the molecule is C#CCNCC(=O)N1CCC(C(=O)NCCCO)CC1. The third-order valence-electron chi connectivity index (χ3n) is 3.36. The average molecular weight is 281 g/mol. The second-order valence-electron chi connectivity index (χ2n) is 4.83. The van der Waals surface area contributed by atoms with Crippen molar-refractivity contribution in [1.82, 2.24) is 15.5 Å². The highest BCUT2D eigenvalue weighted by Crippen LogP contribution is 2.17. The minimum absolute atomic E-state index is 0.0241. The van der Waals surface area contributed by atoms with Gasteiger partial charge >= 0.3 is 0 Å². The van der Waals surface area contributed by atoms with Crippen molar-refractivity contribution in [3.63, 3.8) is 0 Å². The van der Waals surface area contributed by atoms with E-state index in [4.69, 9.17) is 11.5 Å². The number of amides is 2. The molecule has 1 saturated heterocycles. The molecule has 20 heavy (non-hydrogen) atoms. The Morgan fingerprint density at radius 3 is 2.65 bits per heavy atom. The van der Waals surface area contributed by atoms with E-state index in [2.05, 4.69) is 16.6 Å². The largest absolute Gasteiger partial charge is 0.396 e. The zero-order valence-electron chi connectivity index (χ0n) is 11.7. The molecule has 1 heterocycles. The molecule has 6 heteroatoms. The third-order valence-corrected chi connectivity index (χ3v) is 3.36. The third kappa shape index (κ3) is 5.59. The van der Waals surface area contributed by atoms with Crippen LogP contribution < -0.4 is 10.6 Å². The first-order valence-electron chi connectivity index (χ1n) is 6.99. The molecular weight excluding hydrogens is 258 g/mol. The Kier molecular flexibility index (Phi) is 7.70. The number of aliphatic hydroxyl groups excluding tert-OH is 1. The smallest absolute Gasteiger partial charge is 0.236 e. The van der Waals surface area contributed by atoms with Gasteiger partial charge in [-0.05, 0) is 19.3 Å². The van der Waals surface area contributed by atoms with Gasteiger partial charge in [-0.1, -0.05) is 5.92 Å². The van der Waals surface area contributed by atoms with E-state index in [9.17, 15) is 9.59 Å². The van der Waals surface area contributed by atoms with Gasteiger partial charge in [-0.25, -0.2) is 0 Å². The molecule has 0 unspecified atom stereocenters. The summed E-state index contributed by atoms with van der Waals surface area (Å²) in [7, 11) is 0. The minimum Gasteiger partial charge on any atom is -0.396 e. The average Bonchev–Trinajstić information content (AvgIpc) is 2.47. The lowest BCUT2D eigenvalue weighted by molar-refractivity contribution is -0.134. The first-order valence-corrected chi connectivity index (χ1v) is 6.99. The molecule has 0 bridgehead atoms. The van der Waals surface area contributed by atoms with E-state index in [0.29, 0.717) is 45.4 Å². The summed E-state index contributed by atoms with van der Waals surface area (Å²) in [6.07, 6.45) is 7.04. The number of piperidine rings is 1. The maximum Gasteiger partial charge on any atom is 0.236 e. The van der Waals surface area contributed by atoms with E-state index < -0.39 is 0 Å². The lowest BCUT2D eigenvalue weighted by Crippen LogP contribution is -2.45. The number of hydrogen-bond acceptors (Lipinski definition) is 4. The number of carbonyl (C=O) groups excluding carboxylic acids is 2. The Bertz CT molecular complexity index is 357. The maximum atomic E-state index is 11.8. The summed E-state index contributed by atoms with van der Waals surface area (Å²) < 4.78 is 0. The second kappa shape index (κ2) is 9.34. The number of carbonyl (C=O) groups is 2. The monoisotopic (exact) mass is 281 g/mol. The Hall–Kier alpha value is -1.58. The minimum atomic E-state index is -0.0311. The summed E-state index contributed by atoms with van der Waals surface area (Å²) in [4.78, 5) is 25.4. The molecule has 1 aliphatic heterocycles. The van der Waals surface area contributed by atoms with Crippen molar-refractivity contribution in [3.8, 4) is 12.3 Å². The Labute approximate surface area is 119 Å². The highest BCUT2D eigenvalue weighted by molar-refractivity contribution is 5.80.